The molecule has 0 saturated carbocycles. The Morgan fingerprint density at radius 2 is 2.00 bits per heavy atom. The third-order valence-corrected chi connectivity index (χ3v) is 6.75. The van der Waals surface area contributed by atoms with Gasteiger partial charge in [0.2, 0.25) is 11.7 Å². The molecule has 8 nitrogen and oxygen atoms in total. The van der Waals surface area contributed by atoms with E-state index < -0.39 is 11.9 Å². The quantitative estimate of drug-likeness (QED) is 0.485. The standard InChI is InChI=1S/C23H22N6O2S.CH4/c1-28-9-8-15-11-18-19(12-17(15)28)32-13-16(23(31)29(18)2)24-22(30)21-25-20(26-27-21)10-14-6-4-3-5-7-14;/h3-9,11-12,16H,10,13H2,1-2H3,(H,24,30)(H,25,26,27);1H4/t16-;/m0./s1. The molecule has 0 aliphatic carbocycles. The van der Waals surface area contributed by atoms with Crippen LogP contribution in [-0.4, -0.2) is 50.4 Å². The molecule has 1 aliphatic heterocycles. The van der Waals surface area contributed by atoms with Crippen LogP contribution in [0.4, 0.5) is 5.69 Å². The zero-order valence-corrected chi connectivity index (χ0v) is 18.5. The Morgan fingerprint density at radius 1 is 1.21 bits per heavy atom. The number of aromatic amines is 1. The molecule has 0 radical (unpaired) electrons. The second-order valence-electron chi connectivity index (χ2n) is 7.81. The summed E-state index contributed by atoms with van der Waals surface area (Å²) in [5, 5.41) is 10.7. The van der Waals surface area contributed by atoms with Crippen LogP contribution in [-0.2, 0) is 18.3 Å². The number of thioether (sulfide) groups is 1. The summed E-state index contributed by atoms with van der Waals surface area (Å²) in [4.78, 5) is 32.8. The predicted molar refractivity (Wildman–Crippen MR) is 131 cm³/mol. The third kappa shape index (κ3) is 4.36. The molecule has 2 N–H and O–H groups in total. The number of likely N-dealkylation sites (N-methyl/N-ethyl adjacent to an activating group) is 1. The first-order valence-corrected chi connectivity index (χ1v) is 11.2. The highest BCUT2D eigenvalue weighted by Gasteiger charge is 2.31. The van der Waals surface area contributed by atoms with Gasteiger partial charge in [0.15, 0.2) is 0 Å². The summed E-state index contributed by atoms with van der Waals surface area (Å²) >= 11 is 1.56. The van der Waals surface area contributed by atoms with Gasteiger partial charge in [-0.3, -0.25) is 14.7 Å². The number of H-pyrrole nitrogens is 1. The van der Waals surface area contributed by atoms with E-state index >= 15 is 0 Å². The van der Waals surface area contributed by atoms with Crippen molar-refractivity contribution < 1.29 is 9.59 Å². The van der Waals surface area contributed by atoms with E-state index in [4.69, 9.17) is 0 Å². The molecule has 2 aromatic heterocycles. The second-order valence-corrected chi connectivity index (χ2v) is 8.87. The number of rotatable bonds is 4. The van der Waals surface area contributed by atoms with Gasteiger partial charge in [0.25, 0.3) is 5.91 Å². The Labute approximate surface area is 196 Å². The van der Waals surface area contributed by atoms with E-state index in [0.29, 0.717) is 18.0 Å². The number of amides is 2. The minimum absolute atomic E-state index is 0. The number of carbonyl (C=O) groups is 2. The summed E-state index contributed by atoms with van der Waals surface area (Å²) in [5.74, 6) is 0.422. The van der Waals surface area contributed by atoms with Crippen molar-refractivity contribution >= 4 is 40.2 Å². The van der Waals surface area contributed by atoms with E-state index in [1.807, 2.05) is 55.7 Å². The molecule has 33 heavy (non-hydrogen) atoms. The van der Waals surface area contributed by atoms with Gasteiger partial charge in [0.05, 0.1) is 5.69 Å². The monoisotopic (exact) mass is 462 g/mol. The molecular formula is C24H26N6O2S. The molecule has 0 saturated heterocycles. The molecule has 0 bridgehead atoms. The van der Waals surface area contributed by atoms with Gasteiger partial charge in [0.1, 0.15) is 11.9 Å². The molecule has 9 heteroatoms. The number of hydrogen-bond acceptors (Lipinski definition) is 5. The molecule has 2 amide bonds. The lowest BCUT2D eigenvalue weighted by atomic mass is 10.1. The topological polar surface area (TPSA) is 95.9 Å². The second kappa shape index (κ2) is 9.11. The average molecular weight is 463 g/mol. The summed E-state index contributed by atoms with van der Waals surface area (Å²) in [6.45, 7) is 0. The SMILES string of the molecule is C.CN1C(=O)[C@@H](NC(=O)c2n[nH]c(Cc3ccccc3)n2)CSc2cc3c(ccn3C)cc21. The van der Waals surface area contributed by atoms with Gasteiger partial charge in [0, 0.05) is 48.3 Å². The fourth-order valence-corrected chi connectivity index (χ4v) is 4.96. The van der Waals surface area contributed by atoms with Gasteiger partial charge < -0.3 is 14.8 Å². The van der Waals surface area contributed by atoms with Crippen molar-refractivity contribution in [2.24, 2.45) is 7.05 Å². The van der Waals surface area contributed by atoms with E-state index in [1.165, 1.54) is 0 Å². The van der Waals surface area contributed by atoms with Crippen molar-refractivity contribution in [1.82, 2.24) is 25.1 Å². The number of hydrogen-bond donors (Lipinski definition) is 2. The lowest BCUT2D eigenvalue weighted by molar-refractivity contribution is -0.119. The number of aryl methyl sites for hydroxylation is 1. The van der Waals surface area contributed by atoms with Crippen LogP contribution in [0.25, 0.3) is 10.9 Å². The van der Waals surface area contributed by atoms with Gasteiger partial charge >= 0.3 is 0 Å². The molecule has 0 fully saturated rings. The lowest BCUT2D eigenvalue weighted by Crippen LogP contribution is -2.48. The molecule has 1 atom stereocenters. The molecule has 170 valence electrons. The van der Waals surface area contributed by atoms with Crippen LogP contribution >= 0.6 is 11.8 Å². The van der Waals surface area contributed by atoms with Crippen LogP contribution in [0.2, 0.25) is 0 Å². The number of carbonyl (C=O) groups excluding carboxylic acids is 2. The summed E-state index contributed by atoms with van der Waals surface area (Å²) in [6.07, 6.45) is 2.55. The molecular weight excluding hydrogens is 436 g/mol. The number of aromatic nitrogens is 4. The van der Waals surface area contributed by atoms with E-state index in [9.17, 15) is 9.59 Å². The predicted octanol–water partition coefficient (Wildman–Crippen LogP) is 3.39. The molecule has 0 spiro atoms. The smallest absolute Gasteiger partial charge is 0.291 e. The van der Waals surface area contributed by atoms with E-state index in [2.05, 4.69) is 31.1 Å². The lowest BCUT2D eigenvalue weighted by Gasteiger charge is -2.21. The summed E-state index contributed by atoms with van der Waals surface area (Å²) in [6, 6.07) is 15.3. The largest absolute Gasteiger partial charge is 0.351 e. The minimum atomic E-state index is -0.677. The number of fused-ring (bicyclic) bond motifs is 2. The molecule has 3 heterocycles. The van der Waals surface area contributed by atoms with Crippen molar-refractivity contribution in [3.8, 4) is 0 Å². The Hall–Kier alpha value is -3.59. The highest BCUT2D eigenvalue weighted by Crippen LogP contribution is 2.37. The van der Waals surface area contributed by atoms with Crippen LogP contribution in [0.5, 0.6) is 0 Å². The van der Waals surface area contributed by atoms with Crippen molar-refractivity contribution in [2.75, 3.05) is 17.7 Å². The van der Waals surface area contributed by atoms with Crippen LogP contribution < -0.4 is 10.2 Å². The third-order valence-electron chi connectivity index (χ3n) is 5.62. The Bertz CT molecular complexity index is 1310. The highest BCUT2D eigenvalue weighted by molar-refractivity contribution is 7.99. The maximum Gasteiger partial charge on any atom is 0.291 e. The Morgan fingerprint density at radius 3 is 2.79 bits per heavy atom. The minimum Gasteiger partial charge on any atom is -0.351 e. The van der Waals surface area contributed by atoms with E-state index in [0.717, 1.165) is 27.0 Å². The van der Waals surface area contributed by atoms with Gasteiger partial charge in [-0.1, -0.05) is 37.8 Å². The molecule has 1 aliphatic rings. The number of nitrogens with zero attached hydrogens (tertiary/aromatic N) is 4. The Kier molecular flexibility index (Phi) is 6.24. The maximum absolute atomic E-state index is 13.1. The van der Waals surface area contributed by atoms with Crippen LogP contribution in [0.1, 0.15) is 29.4 Å². The highest BCUT2D eigenvalue weighted by atomic mass is 32.2. The normalized spacial score (nSPS) is 15.6. The summed E-state index contributed by atoms with van der Waals surface area (Å²) in [7, 11) is 3.74. The van der Waals surface area contributed by atoms with Crippen molar-refractivity contribution in [3.63, 3.8) is 0 Å². The van der Waals surface area contributed by atoms with Crippen molar-refractivity contribution in [3.05, 3.63) is 71.9 Å². The van der Waals surface area contributed by atoms with Gasteiger partial charge in [-0.15, -0.1) is 16.9 Å². The number of benzene rings is 2. The van der Waals surface area contributed by atoms with E-state index in [1.54, 1.807) is 23.7 Å². The number of nitrogens with one attached hydrogen (secondary N) is 2. The average Bonchev–Trinajstić information content (AvgIpc) is 3.39. The van der Waals surface area contributed by atoms with Crippen molar-refractivity contribution in [2.45, 2.75) is 24.8 Å². The number of anilines is 1. The van der Waals surface area contributed by atoms with Crippen molar-refractivity contribution in [1.29, 1.82) is 0 Å². The maximum atomic E-state index is 13.1. The zero-order chi connectivity index (χ0) is 22.2. The summed E-state index contributed by atoms with van der Waals surface area (Å²) < 4.78 is 2.05. The van der Waals surface area contributed by atoms with Crippen LogP contribution in [0.3, 0.4) is 0 Å². The molecule has 2 aromatic carbocycles. The van der Waals surface area contributed by atoms with Crippen LogP contribution in [0, 0.1) is 0 Å². The Balaban J connectivity index is 0.00000259. The first-order chi connectivity index (χ1) is 15.5. The van der Waals surface area contributed by atoms with Gasteiger partial charge in [-0.25, -0.2) is 4.98 Å². The molecule has 5 rings (SSSR count). The molecule has 0 unspecified atom stereocenters. The fourth-order valence-electron chi connectivity index (χ4n) is 3.85. The fraction of sp³-hybridized carbons (Fsp3) is 0.250. The summed E-state index contributed by atoms with van der Waals surface area (Å²) in [5.41, 5.74) is 3.02. The first-order valence-electron chi connectivity index (χ1n) is 10.2. The van der Waals surface area contributed by atoms with E-state index in [-0.39, 0.29) is 19.2 Å². The molecule has 4 aromatic rings. The zero-order valence-electron chi connectivity index (χ0n) is 17.7. The first kappa shape index (κ1) is 22.6. The van der Waals surface area contributed by atoms with Gasteiger partial charge in [-0.2, -0.15) is 0 Å². The van der Waals surface area contributed by atoms with Crippen LogP contribution in [0.15, 0.2) is 59.6 Å². The van der Waals surface area contributed by atoms with Gasteiger partial charge in [-0.05, 0) is 23.8 Å².